The molecule has 0 aliphatic heterocycles. The number of aromatic nitrogens is 1. The summed E-state index contributed by atoms with van der Waals surface area (Å²) in [6, 6.07) is 12.1. The number of carbonyl (C=O) groups is 1. The molecule has 3 aromatic rings. The topological polar surface area (TPSA) is 97.4 Å². The van der Waals surface area contributed by atoms with E-state index >= 15 is 0 Å². The van der Waals surface area contributed by atoms with E-state index in [-0.39, 0.29) is 10.6 Å². The predicted molar refractivity (Wildman–Crippen MR) is 109 cm³/mol. The highest BCUT2D eigenvalue weighted by atomic mass is 32.2. The second kappa shape index (κ2) is 8.09. The molecule has 0 spiro atoms. The van der Waals surface area contributed by atoms with E-state index in [0.29, 0.717) is 16.3 Å². The van der Waals surface area contributed by atoms with E-state index in [9.17, 15) is 13.2 Å². The van der Waals surface area contributed by atoms with Crippen LogP contribution in [0.4, 0.5) is 5.69 Å². The minimum Gasteiger partial charge on any atom is -0.497 e. The Kier molecular flexibility index (Phi) is 5.78. The summed E-state index contributed by atoms with van der Waals surface area (Å²) < 4.78 is 31.6. The maximum absolute atomic E-state index is 12.5. The molecule has 2 aromatic carbocycles. The van der Waals surface area contributed by atoms with Gasteiger partial charge in [0, 0.05) is 16.6 Å². The number of ether oxygens (including phenoxy) is 1. The van der Waals surface area contributed by atoms with Gasteiger partial charge in [-0.15, -0.1) is 11.3 Å². The zero-order valence-electron chi connectivity index (χ0n) is 15.5. The number of methoxy groups -OCH3 is 1. The fourth-order valence-electron chi connectivity index (χ4n) is 2.52. The quantitative estimate of drug-likeness (QED) is 0.641. The molecule has 2 N–H and O–H groups in total. The van der Waals surface area contributed by atoms with Crippen LogP contribution in [0.5, 0.6) is 5.75 Å². The van der Waals surface area contributed by atoms with Crippen molar-refractivity contribution in [2.45, 2.75) is 11.8 Å². The summed E-state index contributed by atoms with van der Waals surface area (Å²) in [7, 11) is -0.675. The number of hydrogen-bond donors (Lipinski definition) is 2. The molecule has 146 valence electrons. The number of nitrogens with one attached hydrogen (secondary N) is 2. The van der Waals surface area contributed by atoms with Crippen molar-refractivity contribution in [2.75, 3.05) is 19.5 Å². The van der Waals surface area contributed by atoms with Crippen molar-refractivity contribution in [3.63, 3.8) is 0 Å². The third kappa shape index (κ3) is 4.22. The van der Waals surface area contributed by atoms with E-state index in [1.807, 2.05) is 24.3 Å². The monoisotopic (exact) mass is 417 g/mol. The van der Waals surface area contributed by atoms with E-state index < -0.39 is 15.9 Å². The summed E-state index contributed by atoms with van der Waals surface area (Å²) >= 11 is 1.35. The Hall–Kier alpha value is -2.75. The molecule has 0 radical (unpaired) electrons. The highest BCUT2D eigenvalue weighted by Gasteiger charge is 2.17. The van der Waals surface area contributed by atoms with Crippen LogP contribution in [0.2, 0.25) is 0 Å². The van der Waals surface area contributed by atoms with E-state index in [0.717, 1.165) is 11.3 Å². The van der Waals surface area contributed by atoms with Crippen LogP contribution in [-0.4, -0.2) is 33.5 Å². The Balaban J connectivity index is 1.80. The Morgan fingerprint density at radius 3 is 2.50 bits per heavy atom. The smallest absolute Gasteiger partial charge is 0.275 e. The third-order valence-corrected chi connectivity index (χ3v) is 6.53. The highest BCUT2D eigenvalue weighted by Crippen LogP contribution is 2.26. The van der Waals surface area contributed by atoms with E-state index in [4.69, 9.17) is 4.74 Å². The van der Waals surface area contributed by atoms with E-state index in [2.05, 4.69) is 15.0 Å². The molecule has 1 heterocycles. The largest absolute Gasteiger partial charge is 0.497 e. The van der Waals surface area contributed by atoms with Gasteiger partial charge < -0.3 is 10.1 Å². The standard InChI is InChI=1S/C19H19N3O4S2/c1-12-4-7-14(10-17(12)28(24,25)20-2)21-18(23)16-11-27-19(22-16)13-5-8-15(26-3)9-6-13/h4-11,20H,1-3H3,(H,21,23). The Morgan fingerprint density at radius 1 is 1.14 bits per heavy atom. The lowest BCUT2D eigenvalue weighted by Crippen LogP contribution is -2.20. The first kappa shape index (κ1) is 20.0. The summed E-state index contributed by atoms with van der Waals surface area (Å²) in [5, 5.41) is 5.06. The summed E-state index contributed by atoms with van der Waals surface area (Å²) in [5.74, 6) is 0.331. The van der Waals surface area contributed by atoms with Gasteiger partial charge in [-0.1, -0.05) is 6.07 Å². The summed E-state index contributed by atoms with van der Waals surface area (Å²) in [6.45, 7) is 1.69. The average Bonchev–Trinajstić information content (AvgIpc) is 3.20. The second-order valence-electron chi connectivity index (χ2n) is 5.91. The fourth-order valence-corrected chi connectivity index (χ4v) is 4.32. The molecule has 0 saturated carbocycles. The van der Waals surface area contributed by atoms with Gasteiger partial charge in [0.15, 0.2) is 0 Å². The van der Waals surface area contributed by atoms with Crippen molar-refractivity contribution in [3.8, 4) is 16.3 Å². The molecule has 28 heavy (non-hydrogen) atoms. The van der Waals surface area contributed by atoms with Gasteiger partial charge in [-0.3, -0.25) is 4.79 Å². The van der Waals surface area contributed by atoms with Gasteiger partial charge in [-0.25, -0.2) is 18.1 Å². The summed E-state index contributed by atoms with van der Waals surface area (Å²) in [4.78, 5) is 17.0. The van der Waals surface area contributed by atoms with Crippen molar-refractivity contribution < 1.29 is 17.9 Å². The van der Waals surface area contributed by atoms with Crippen LogP contribution < -0.4 is 14.8 Å². The molecule has 1 aromatic heterocycles. The van der Waals surface area contributed by atoms with Crippen LogP contribution in [0.1, 0.15) is 16.1 Å². The number of anilines is 1. The average molecular weight is 418 g/mol. The van der Waals surface area contributed by atoms with E-state index in [1.165, 1.54) is 24.5 Å². The van der Waals surface area contributed by atoms with Crippen LogP contribution in [0, 0.1) is 6.92 Å². The second-order valence-corrected chi connectivity index (χ2v) is 8.62. The molecule has 3 rings (SSSR count). The van der Waals surface area contributed by atoms with Gasteiger partial charge in [-0.2, -0.15) is 0 Å². The molecule has 9 heteroatoms. The Labute approximate surface area is 167 Å². The summed E-state index contributed by atoms with van der Waals surface area (Å²) in [6.07, 6.45) is 0. The number of amides is 1. The van der Waals surface area contributed by atoms with Crippen LogP contribution in [-0.2, 0) is 10.0 Å². The molecule has 0 bridgehead atoms. The molecule has 0 atom stereocenters. The van der Waals surface area contributed by atoms with Crippen LogP contribution in [0.15, 0.2) is 52.7 Å². The van der Waals surface area contributed by atoms with Crippen LogP contribution >= 0.6 is 11.3 Å². The minimum atomic E-state index is -3.61. The lowest BCUT2D eigenvalue weighted by atomic mass is 10.2. The molecule has 0 unspecified atom stereocenters. The number of thiazole rings is 1. The Bertz CT molecular complexity index is 1110. The van der Waals surface area contributed by atoms with Gasteiger partial charge in [0.2, 0.25) is 10.0 Å². The first-order valence-corrected chi connectivity index (χ1v) is 10.7. The van der Waals surface area contributed by atoms with Crippen molar-refractivity contribution >= 4 is 33.0 Å². The van der Waals surface area contributed by atoms with Crippen molar-refractivity contribution in [3.05, 3.63) is 59.1 Å². The number of carbonyl (C=O) groups excluding carboxylic acids is 1. The normalized spacial score (nSPS) is 11.2. The van der Waals surface area contributed by atoms with Gasteiger partial charge in [-0.05, 0) is 55.9 Å². The SMILES string of the molecule is CNS(=O)(=O)c1cc(NC(=O)c2csc(-c3ccc(OC)cc3)n2)ccc1C. The third-order valence-electron chi connectivity index (χ3n) is 4.08. The zero-order chi connectivity index (χ0) is 20.3. The van der Waals surface area contributed by atoms with Crippen LogP contribution in [0.3, 0.4) is 0 Å². The highest BCUT2D eigenvalue weighted by molar-refractivity contribution is 7.89. The molecule has 0 aliphatic rings. The molecular weight excluding hydrogens is 398 g/mol. The molecule has 0 fully saturated rings. The minimum absolute atomic E-state index is 0.116. The molecule has 7 nitrogen and oxygen atoms in total. The number of hydrogen-bond acceptors (Lipinski definition) is 6. The van der Waals surface area contributed by atoms with Gasteiger partial charge >= 0.3 is 0 Å². The number of nitrogens with zero attached hydrogens (tertiary/aromatic N) is 1. The zero-order valence-corrected chi connectivity index (χ0v) is 17.1. The predicted octanol–water partition coefficient (Wildman–Crippen LogP) is 3.29. The lowest BCUT2D eigenvalue weighted by Gasteiger charge is -2.09. The van der Waals surface area contributed by atoms with Crippen molar-refractivity contribution in [1.82, 2.24) is 9.71 Å². The number of aryl methyl sites for hydroxylation is 1. The Morgan fingerprint density at radius 2 is 1.86 bits per heavy atom. The maximum atomic E-state index is 12.5. The lowest BCUT2D eigenvalue weighted by molar-refractivity contribution is 0.102. The molecule has 0 saturated heterocycles. The van der Waals surface area contributed by atoms with E-state index in [1.54, 1.807) is 31.5 Å². The van der Waals surface area contributed by atoms with Gasteiger partial charge in [0.25, 0.3) is 5.91 Å². The van der Waals surface area contributed by atoms with Crippen LogP contribution in [0.25, 0.3) is 10.6 Å². The van der Waals surface area contributed by atoms with Crippen molar-refractivity contribution in [2.24, 2.45) is 0 Å². The number of benzene rings is 2. The van der Waals surface area contributed by atoms with Crippen molar-refractivity contribution in [1.29, 1.82) is 0 Å². The number of rotatable bonds is 6. The number of sulfonamides is 1. The molecular formula is C19H19N3O4S2. The first-order valence-electron chi connectivity index (χ1n) is 8.29. The molecule has 1 amide bonds. The van der Waals surface area contributed by atoms with Gasteiger partial charge in [0.1, 0.15) is 16.5 Å². The summed E-state index contributed by atoms with van der Waals surface area (Å²) in [5.41, 5.74) is 2.10. The van der Waals surface area contributed by atoms with Gasteiger partial charge in [0.05, 0.1) is 12.0 Å². The first-order chi connectivity index (χ1) is 13.3. The maximum Gasteiger partial charge on any atom is 0.275 e. The molecule has 0 aliphatic carbocycles. The fraction of sp³-hybridized carbons (Fsp3) is 0.158.